The van der Waals surface area contributed by atoms with Crippen LogP contribution in [0.15, 0.2) is 12.1 Å². The molecule has 1 heteroatoms. The molecule has 0 nitrogen and oxygen atoms in total. The van der Waals surface area contributed by atoms with Crippen LogP contribution in [0.3, 0.4) is 0 Å². The largest absolute Gasteiger partial charge is 0.177 e. The van der Waals surface area contributed by atoms with Gasteiger partial charge in [0.15, 0.2) is 0 Å². The van der Waals surface area contributed by atoms with Crippen molar-refractivity contribution in [2.24, 2.45) is 0 Å². The van der Waals surface area contributed by atoms with Gasteiger partial charge >= 0.3 is 0 Å². The fraction of sp³-hybridized carbons (Fsp3) is 0.455. The van der Waals surface area contributed by atoms with Crippen LogP contribution in [0, 0.1) is 64.6 Å². The average molecular weight is 314 g/mol. The van der Waals surface area contributed by atoms with Gasteiger partial charge in [0.05, 0.1) is 0 Å². The monoisotopic (exact) mass is 314 g/mol. The molecule has 12 heavy (non-hydrogen) atoms. The molecule has 0 aliphatic rings. The van der Waals surface area contributed by atoms with E-state index in [4.69, 9.17) is 0 Å². The second-order valence-electron chi connectivity index (χ2n) is 2.52. The second kappa shape index (κ2) is 8.10. The first-order chi connectivity index (χ1) is 5.18. The summed E-state index contributed by atoms with van der Waals surface area (Å²) < 4.78 is 0. The van der Waals surface area contributed by atoms with Gasteiger partial charge in [-0.15, -0.1) is 0 Å². The van der Waals surface area contributed by atoms with Crippen molar-refractivity contribution in [2.75, 3.05) is 0 Å². The molecule has 1 rings (SSSR count). The quantitative estimate of drug-likeness (QED) is 0.508. The van der Waals surface area contributed by atoms with Crippen LogP contribution in [0.4, 0.5) is 0 Å². The van der Waals surface area contributed by atoms with Crippen LogP contribution < -0.4 is 0 Å². The zero-order valence-corrected chi connectivity index (χ0v) is 10.4. The minimum Gasteiger partial charge on any atom is -0.177 e. The van der Waals surface area contributed by atoms with E-state index in [1.807, 2.05) is 13.8 Å². The zero-order valence-electron chi connectivity index (χ0n) is 8.46. The van der Waals surface area contributed by atoms with Crippen molar-refractivity contribution in [3.8, 4) is 0 Å². The molecule has 0 amide bonds. The molecule has 0 saturated carbocycles. The molecule has 73 valence electrons. The number of aryl methyl sites for hydroxylation is 3. The van der Waals surface area contributed by atoms with E-state index >= 15 is 0 Å². The van der Waals surface area contributed by atoms with Gasteiger partial charge in [-0.2, -0.15) is 34.9 Å². The van der Waals surface area contributed by atoms with E-state index in [2.05, 4.69) is 39.0 Å². The Kier molecular flexibility index (Phi) is 10.1. The molecule has 0 unspecified atom stereocenters. The Labute approximate surface area is 106 Å². The molecule has 0 bridgehead atoms. The fourth-order valence-corrected chi connectivity index (χ4v) is 1.11. The Morgan fingerprint density at radius 2 is 1.25 bits per heavy atom. The van der Waals surface area contributed by atoms with Crippen molar-refractivity contribution in [3.05, 3.63) is 34.9 Å². The molecule has 0 aliphatic carbocycles. The van der Waals surface area contributed by atoms with Crippen LogP contribution in [0.25, 0.3) is 0 Å². The van der Waals surface area contributed by atoms with Crippen LogP contribution in [0.1, 0.15) is 30.5 Å². The summed E-state index contributed by atoms with van der Waals surface area (Å²) >= 11 is 0. The summed E-state index contributed by atoms with van der Waals surface area (Å²) in [6, 6.07) is 7.47. The first kappa shape index (κ1) is 15.0. The van der Waals surface area contributed by atoms with Gasteiger partial charge in [-0.05, 0) is 0 Å². The molecule has 1 aromatic carbocycles. The molecule has 0 aliphatic heterocycles. The van der Waals surface area contributed by atoms with Gasteiger partial charge in [-0.1, -0.05) is 34.6 Å². The molecule has 1 radical (unpaired) electrons. The third-order valence-corrected chi connectivity index (χ3v) is 1.28. The third kappa shape index (κ3) is 6.05. The van der Waals surface area contributed by atoms with Crippen molar-refractivity contribution in [1.82, 2.24) is 0 Å². The molecule has 1 aromatic rings. The Hall–Kier alpha value is 0.480. The number of rotatable bonds is 0. The van der Waals surface area contributed by atoms with Gasteiger partial charge in [-0.25, -0.2) is 0 Å². The summed E-state index contributed by atoms with van der Waals surface area (Å²) in [7, 11) is 0. The molecule has 0 atom stereocenters. The zero-order chi connectivity index (χ0) is 8.85. The first-order valence-electron chi connectivity index (χ1n) is 4.15. The molecule has 0 aromatic heterocycles. The summed E-state index contributed by atoms with van der Waals surface area (Å²) in [5.41, 5.74) is 3.78. The molecule has 0 fully saturated rings. The van der Waals surface area contributed by atoms with Crippen LogP contribution in [0.5, 0.6) is 0 Å². The molecule has 0 N–H and O–H groups in total. The Morgan fingerprint density at radius 1 is 0.917 bits per heavy atom. The minimum atomic E-state index is 0. The van der Waals surface area contributed by atoms with E-state index < -0.39 is 0 Å². The van der Waals surface area contributed by atoms with E-state index in [0.717, 1.165) is 0 Å². The number of benzene rings is 1. The molecule has 0 saturated heterocycles. The Balaban J connectivity index is 0. The van der Waals surface area contributed by atoms with Crippen LogP contribution in [-0.4, -0.2) is 0 Å². The topological polar surface area (TPSA) is 0 Å². The van der Waals surface area contributed by atoms with Crippen LogP contribution in [0.2, 0.25) is 0 Å². The van der Waals surface area contributed by atoms with Gasteiger partial charge in [0.25, 0.3) is 0 Å². The molecular weight excluding hydrogens is 297 g/mol. The second-order valence-corrected chi connectivity index (χ2v) is 2.52. The molecular formula is C11H17Ho-. The van der Waals surface area contributed by atoms with Gasteiger partial charge < -0.3 is 0 Å². The van der Waals surface area contributed by atoms with Crippen molar-refractivity contribution < 1.29 is 37.7 Å². The number of hydrogen-bond acceptors (Lipinski definition) is 0. The van der Waals surface area contributed by atoms with Crippen molar-refractivity contribution >= 4 is 0 Å². The van der Waals surface area contributed by atoms with Gasteiger partial charge in [0, 0.05) is 37.7 Å². The van der Waals surface area contributed by atoms with Gasteiger partial charge in [-0.3, -0.25) is 0 Å². The van der Waals surface area contributed by atoms with Crippen molar-refractivity contribution in [3.63, 3.8) is 0 Å². The van der Waals surface area contributed by atoms with E-state index in [1.54, 1.807) is 0 Å². The van der Waals surface area contributed by atoms with E-state index in [-0.39, 0.29) is 37.7 Å². The standard InChI is InChI=1S/C9H11.C2H6.Ho/c1-7-4-8(2)6-9(3)5-7;1-2;/h4-5H,1-3H3;1-2H3;/q-1;;. The maximum atomic E-state index is 3.21. The average Bonchev–Trinajstić information content (AvgIpc) is 1.88. The minimum absolute atomic E-state index is 0. The van der Waals surface area contributed by atoms with E-state index in [0.29, 0.717) is 0 Å². The first-order valence-corrected chi connectivity index (χ1v) is 4.15. The summed E-state index contributed by atoms with van der Waals surface area (Å²) in [6.45, 7) is 10.2. The van der Waals surface area contributed by atoms with E-state index in [9.17, 15) is 0 Å². The fourth-order valence-electron chi connectivity index (χ4n) is 1.11. The normalized spacial score (nSPS) is 7.75. The Bertz CT molecular complexity index is 166. The Morgan fingerprint density at radius 3 is 1.50 bits per heavy atom. The van der Waals surface area contributed by atoms with E-state index in [1.165, 1.54) is 16.7 Å². The van der Waals surface area contributed by atoms with Crippen LogP contribution >= 0.6 is 0 Å². The maximum absolute atomic E-state index is 3.21. The van der Waals surface area contributed by atoms with Gasteiger partial charge in [0.1, 0.15) is 0 Å². The maximum Gasteiger partial charge on any atom is 0 e. The van der Waals surface area contributed by atoms with Crippen molar-refractivity contribution in [1.29, 1.82) is 0 Å². The SMILES string of the molecule is CC.Cc1[c-]c(C)cc(C)c1.[Ho]. The summed E-state index contributed by atoms with van der Waals surface area (Å²) in [4.78, 5) is 0. The summed E-state index contributed by atoms with van der Waals surface area (Å²) in [5, 5.41) is 0. The summed E-state index contributed by atoms with van der Waals surface area (Å²) in [5.74, 6) is 0. The van der Waals surface area contributed by atoms with Crippen LogP contribution in [-0.2, 0) is 0 Å². The smallest absolute Gasteiger partial charge is 0 e. The molecule has 0 heterocycles. The van der Waals surface area contributed by atoms with Crippen molar-refractivity contribution in [2.45, 2.75) is 34.6 Å². The molecule has 0 spiro atoms. The van der Waals surface area contributed by atoms with Gasteiger partial charge in [0.2, 0.25) is 0 Å². The predicted molar refractivity (Wildman–Crippen MR) is 50.8 cm³/mol. The third-order valence-electron chi connectivity index (χ3n) is 1.28. The predicted octanol–water partition coefficient (Wildman–Crippen LogP) is 3.44. The summed E-state index contributed by atoms with van der Waals surface area (Å²) in [6.07, 6.45) is 0. The number of hydrogen-bond donors (Lipinski definition) is 0.